The highest BCUT2D eigenvalue weighted by atomic mass is 16.5. The van der Waals surface area contributed by atoms with E-state index < -0.39 is 0 Å². The Balaban J connectivity index is 2.23. The molecule has 2 unspecified atom stereocenters. The summed E-state index contributed by atoms with van der Waals surface area (Å²) in [7, 11) is 4.21. The van der Waals surface area contributed by atoms with E-state index >= 15 is 0 Å². The average Bonchev–Trinajstić information content (AvgIpc) is 2.65. The van der Waals surface area contributed by atoms with E-state index in [1.54, 1.807) is 0 Å². The Hall–Kier alpha value is -0.120. The molecule has 3 nitrogen and oxygen atoms in total. The highest BCUT2D eigenvalue weighted by Crippen LogP contribution is 2.14. The molecule has 1 rings (SSSR count). The van der Waals surface area contributed by atoms with Gasteiger partial charge >= 0.3 is 0 Å². The van der Waals surface area contributed by atoms with Gasteiger partial charge in [-0.05, 0) is 40.4 Å². The zero-order valence-electron chi connectivity index (χ0n) is 9.05. The van der Waals surface area contributed by atoms with E-state index in [9.17, 15) is 0 Å². The van der Waals surface area contributed by atoms with Crippen LogP contribution in [0.25, 0.3) is 0 Å². The van der Waals surface area contributed by atoms with E-state index in [0.29, 0.717) is 12.1 Å². The predicted octanol–water partition coefficient (Wildman–Crippen LogP) is 0.705. The largest absolute Gasteiger partial charge is 0.380 e. The molecule has 1 N–H and O–H groups in total. The summed E-state index contributed by atoms with van der Waals surface area (Å²) in [4.78, 5) is 2.45. The summed E-state index contributed by atoms with van der Waals surface area (Å²) in [6.07, 6.45) is 2.41. The minimum atomic E-state index is 0.645. The first-order chi connectivity index (χ1) is 6.25. The third-order valence-corrected chi connectivity index (χ3v) is 2.99. The summed E-state index contributed by atoms with van der Waals surface area (Å²) in [5.74, 6) is 0. The van der Waals surface area contributed by atoms with E-state index in [1.165, 1.54) is 12.8 Å². The smallest absolute Gasteiger partial charge is 0.0622 e. The Labute approximate surface area is 81.4 Å². The standard InChI is InChI=1S/C10H22N2O/c1-9(4-6-11-2)12(3)10-5-7-13-8-10/h9-11H,4-8H2,1-3H3. The van der Waals surface area contributed by atoms with Crippen LogP contribution >= 0.6 is 0 Å². The summed E-state index contributed by atoms with van der Waals surface area (Å²) in [5, 5.41) is 3.19. The van der Waals surface area contributed by atoms with Crippen LogP contribution in [0, 0.1) is 0 Å². The molecule has 0 aromatic rings. The van der Waals surface area contributed by atoms with E-state index in [0.717, 1.165) is 19.8 Å². The molecule has 3 heteroatoms. The van der Waals surface area contributed by atoms with Crippen LogP contribution < -0.4 is 5.32 Å². The fraction of sp³-hybridized carbons (Fsp3) is 1.00. The molecular weight excluding hydrogens is 164 g/mol. The summed E-state index contributed by atoms with van der Waals surface area (Å²) in [5.41, 5.74) is 0. The molecule has 0 amide bonds. The van der Waals surface area contributed by atoms with E-state index in [4.69, 9.17) is 4.74 Å². The van der Waals surface area contributed by atoms with Crippen molar-refractivity contribution in [3.63, 3.8) is 0 Å². The zero-order chi connectivity index (χ0) is 9.68. The fourth-order valence-corrected chi connectivity index (χ4v) is 1.76. The van der Waals surface area contributed by atoms with Gasteiger partial charge in [0, 0.05) is 18.7 Å². The van der Waals surface area contributed by atoms with Crippen LogP contribution in [-0.4, -0.2) is 50.8 Å². The van der Waals surface area contributed by atoms with E-state index in [2.05, 4.69) is 24.2 Å². The van der Waals surface area contributed by atoms with Crippen molar-refractivity contribution in [2.75, 3.05) is 33.9 Å². The molecule has 78 valence electrons. The lowest BCUT2D eigenvalue weighted by Gasteiger charge is -2.29. The highest BCUT2D eigenvalue weighted by molar-refractivity contribution is 4.77. The molecule has 0 bridgehead atoms. The molecule has 1 saturated heterocycles. The molecule has 1 aliphatic heterocycles. The van der Waals surface area contributed by atoms with Crippen molar-refractivity contribution in [1.29, 1.82) is 0 Å². The van der Waals surface area contributed by atoms with Gasteiger partial charge in [-0.15, -0.1) is 0 Å². The molecule has 1 aliphatic rings. The Bertz CT molecular complexity index is 135. The SMILES string of the molecule is CNCCC(C)N(C)C1CCOC1. The third-order valence-electron chi connectivity index (χ3n) is 2.99. The monoisotopic (exact) mass is 186 g/mol. The predicted molar refractivity (Wildman–Crippen MR) is 55.0 cm³/mol. The molecule has 0 aromatic carbocycles. The number of nitrogens with zero attached hydrogens (tertiary/aromatic N) is 1. The van der Waals surface area contributed by atoms with Crippen molar-refractivity contribution < 1.29 is 4.74 Å². The van der Waals surface area contributed by atoms with Crippen LogP contribution in [-0.2, 0) is 4.74 Å². The Morgan fingerprint density at radius 3 is 2.92 bits per heavy atom. The molecule has 1 heterocycles. The van der Waals surface area contributed by atoms with Crippen molar-refractivity contribution in [1.82, 2.24) is 10.2 Å². The molecule has 2 atom stereocenters. The second-order valence-electron chi connectivity index (χ2n) is 3.92. The first-order valence-electron chi connectivity index (χ1n) is 5.20. The van der Waals surface area contributed by atoms with Crippen LogP contribution in [0.3, 0.4) is 0 Å². The highest BCUT2D eigenvalue weighted by Gasteiger charge is 2.23. The number of nitrogens with one attached hydrogen (secondary N) is 1. The van der Waals surface area contributed by atoms with Crippen LogP contribution in [0.4, 0.5) is 0 Å². The van der Waals surface area contributed by atoms with Crippen LogP contribution in [0.15, 0.2) is 0 Å². The van der Waals surface area contributed by atoms with Crippen LogP contribution in [0.5, 0.6) is 0 Å². The minimum Gasteiger partial charge on any atom is -0.380 e. The van der Waals surface area contributed by atoms with Gasteiger partial charge in [0.05, 0.1) is 6.61 Å². The molecule has 0 spiro atoms. The lowest BCUT2D eigenvalue weighted by atomic mass is 10.1. The number of hydrogen-bond donors (Lipinski definition) is 1. The Morgan fingerprint density at radius 1 is 1.62 bits per heavy atom. The topological polar surface area (TPSA) is 24.5 Å². The second-order valence-corrected chi connectivity index (χ2v) is 3.92. The quantitative estimate of drug-likeness (QED) is 0.684. The zero-order valence-corrected chi connectivity index (χ0v) is 9.05. The Kier molecular flexibility index (Phi) is 4.70. The number of rotatable bonds is 5. The van der Waals surface area contributed by atoms with Gasteiger partial charge in [0.2, 0.25) is 0 Å². The molecule has 0 aliphatic carbocycles. The lowest BCUT2D eigenvalue weighted by molar-refractivity contribution is 0.134. The second kappa shape index (κ2) is 5.58. The van der Waals surface area contributed by atoms with Crippen molar-refractivity contribution in [2.45, 2.75) is 31.8 Å². The van der Waals surface area contributed by atoms with Crippen molar-refractivity contribution in [3.8, 4) is 0 Å². The van der Waals surface area contributed by atoms with Crippen LogP contribution in [0.2, 0.25) is 0 Å². The first-order valence-corrected chi connectivity index (χ1v) is 5.20. The van der Waals surface area contributed by atoms with Gasteiger partial charge < -0.3 is 10.1 Å². The van der Waals surface area contributed by atoms with Gasteiger partial charge in [-0.3, -0.25) is 4.90 Å². The first kappa shape index (κ1) is 11.0. The van der Waals surface area contributed by atoms with Gasteiger partial charge in [0.25, 0.3) is 0 Å². The maximum absolute atomic E-state index is 5.38. The van der Waals surface area contributed by atoms with Gasteiger partial charge in [-0.1, -0.05) is 0 Å². The fourth-order valence-electron chi connectivity index (χ4n) is 1.76. The number of hydrogen-bond acceptors (Lipinski definition) is 3. The Morgan fingerprint density at radius 2 is 2.38 bits per heavy atom. The average molecular weight is 186 g/mol. The number of likely N-dealkylation sites (N-methyl/N-ethyl adjacent to an activating group) is 1. The van der Waals surface area contributed by atoms with Gasteiger partial charge in [-0.25, -0.2) is 0 Å². The summed E-state index contributed by atoms with van der Waals surface area (Å²) in [6, 6.07) is 1.30. The van der Waals surface area contributed by atoms with Crippen molar-refractivity contribution in [3.05, 3.63) is 0 Å². The molecule has 1 fully saturated rings. The van der Waals surface area contributed by atoms with Crippen molar-refractivity contribution >= 4 is 0 Å². The maximum Gasteiger partial charge on any atom is 0.0622 e. The third kappa shape index (κ3) is 3.25. The van der Waals surface area contributed by atoms with Gasteiger partial charge in [-0.2, -0.15) is 0 Å². The molecule has 13 heavy (non-hydrogen) atoms. The van der Waals surface area contributed by atoms with Gasteiger partial charge in [0.15, 0.2) is 0 Å². The summed E-state index contributed by atoms with van der Waals surface area (Å²) < 4.78 is 5.38. The normalized spacial score (nSPS) is 25.4. The molecule has 0 aromatic heterocycles. The van der Waals surface area contributed by atoms with E-state index in [-0.39, 0.29) is 0 Å². The molecular formula is C10H22N2O. The van der Waals surface area contributed by atoms with E-state index in [1.807, 2.05) is 7.05 Å². The van der Waals surface area contributed by atoms with Crippen LogP contribution in [0.1, 0.15) is 19.8 Å². The number of ether oxygens (including phenoxy) is 1. The molecule has 0 radical (unpaired) electrons. The maximum atomic E-state index is 5.38. The lowest BCUT2D eigenvalue weighted by Crippen LogP contribution is -2.40. The molecule has 0 saturated carbocycles. The van der Waals surface area contributed by atoms with Gasteiger partial charge in [0.1, 0.15) is 0 Å². The summed E-state index contributed by atoms with van der Waals surface area (Å²) >= 11 is 0. The minimum absolute atomic E-state index is 0.645. The van der Waals surface area contributed by atoms with Crippen molar-refractivity contribution in [2.24, 2.45) is 0 Å². The summed E-state index contributed by atoms with van der Waals surface area (Å²) in [6.45, 7) is 5.24.